The summed E-state index contributed by atoms with van der Waals surface area (Å²) in [6.07, 6.45) is 0.290. The van der Waals surface area contributed by atoms with Crippen LogP contribution in [0.5, 0.6) is 0 Å². The van der Waals surface area contributed by atoms with Crippen LogP contribution in [-0.2, 0) is 6.42 Å². The summed E-state index contributed by atoms with van der Waals surface area (Å²) in [4.78, 5) is 27.6. The van der Waals surface area contributed by atoms with Crippen molar-refractivity contribution in [3.63, 3.8) is 0 Å². The summed E-state index contributed by atoms with van der Waals surface area (Å²) < 4.78 is 14.6. The van der Waals surface area contributed by atoms with Crippen molar-refractivity contribution >= 4 is 23.4 Å². The molecule has 6 nitrogen and oxygen atoms in total. The monoisotopic (exact) mass is 467 g/mol. The smallest absolute Gasteiger partial charge is 0.319 e. The quantitative estimate of drug-likeness (QED) is 0.561. The molecule has 0 atom stereocenters. The van der Waals surface area contributed by atoms with E-state index < -0.39 is 0 Å². The van der Waals surface area contributed by atoms with Crippen LogP contribution in [0.4, 0.5) is 15.0 Å². The van der Waals surface area contributed by atoms with E-state index in [1.807, 2.05) is 42.2 Å². The van der Waals surface area contributed by atoms with Gasteiger partial charge >= 0.3 is 6.03 Å². The van der Waals surface area contributed by atoms with Gasteiger partial charge in [0.05, 0.1) is 0 Å². The molecule has 0 aliphatic carbocycles. The number of carbonyl (C=O) groups is 1. The van der Waals surface area contributed by atoms with Gasteiger partial charge in [0, 0.05) is 74.1 Å². The normalized spacial score (nSPS) is 13.8. The van der Waals surface area contributed by atoms with Crippen LogP contribution >= 0.6 is 11.6 Å². The summed E-state index contributed by atoms with van der Waals surface area (Å²) >= 11 is 6.34. The maximum atomic E-state index is 14.6. The highest BCUT2D eigenvalue weighted by Crippen LogP contribution is 2.31. The molecule has 0 spiro atoms. The second kappa shape index (κ2) is 9.75. The largest absolute Gasteiger partial charge is 0.353 e. The first-order valence-electron chi connectivity index (χ1n) is 10.9. The van der Waals surface area contributed by atoms with Crippen LogP contribution in [0, 0.1) is 12.7 Å². The predicted molar refractivity (Wildman–Crippen MR) is 129 cm³/mol. The third kappa shape index (κ3) is 4.93. The number of aromatic nitrogens is 2. The number of carbonyl (C=O) groups excluding carboxylic acids is 1. The van der Waals surface area contributed by atoms with Gasteiger partial charge in [0.15, 0.2) is 5.82 Å². The molecule has 33 heavy (non-hydrogen) atoms. The van der Waals surface area contributed by atoms with Crippen LogP contribution in [0.15, 0.2) is 48.5 Å². The van der Waals surface area contributed by atoms with Gasteiger partial charge in [-0.15, -0.1) is 0 Å². The number of benzene rings is 2. The van der Waals surface area contributed by atoms with E-state index in [4.69, 9.17) is 21.6 Å². The Morgan fingerprint density at radius 2 is 1.70 bits per heavy atom. The molecule has 3 aromatic rings. The predicted octanol–water partition coefficient (Wildman–Crippen LogP) is 4.64. The molecule has 0 radical (unpaired) electrons. The Morgan fingerprint density at radius 1 is 1.00 bits per heavy atom. The van der Waals surface area contributed by atoms with Crippen molar-refractivity contribution in [2.24, 2.45) is 0 Å². The van der Waals surface area contributed by atoms with Crippen molar-refractivity contribution in [1.29, 1.82) is 0 Å². The number of hydrogen-bond acceptors (Lipinski definition) is 4. The molecule has 1 aliphatic rings. The Labute approximate surface area is 198 Å². The second-order valence-electron chi connectivity index (χ2n) is 8.33. The zero-order valence-corrected chi connectivity index (χ0v) is 19.8. The van der Waals surface area contributed by atoms with Gasteiger partial charge in [0.2, 0.25) is 0 Å². The number of amides is 2. The van der Waals surface area contributed by atoms with Crippen molar-refractivity contribution in [1.82, 2.24) is 19.8 Å². The molecule has 1 aliphatic heterocycles. The lowest BCUT2D eigenvalue weighted by Crippen LogP contribution is -2.52. The summed E-state index contributed by atoms with van der Waals surface area (Å²) in [5.41, 5.74) is 2.97. The summed E-state index contributed by atoms with van der Waals surface area (Å²) in [6.45, 7) is 4.35. The highest BCUT2D eigenvalue weighted by atomic mass is 35.5. The number of anilines is 1. The minimum Gasteiger partial charge on any atom is -0.353 e. The maximum absolute atomic E-state index is 14.6. The van der Waals surface area contributed by atoms with E-state index in [0.717, 1.165) is 22.6 Å². The van der Waals surface area contributed by atoms with Crippen molar-refractivity contribution in [3.8, 4) is 11.4 Å². The lowest BCUT2D eigenvalue weighted by molar-refractivity contribution is 0.168. The number of rotatable bonds is 4. The fraction of sp³-hybridized carbons (Fsp3) is 0.320. The fourth-order valence-corrected chi connectivity index (χ4v) is 4.27. The summed E-state index contributed by atoms with van der Waals surface area (Å²) in [6, 6.07) is 14.5. The van der Waals surface area contributed by atoms with Gasteiger partial charge in [0.25, 0.3) is 0 Å². The maximum Gasteiger partial charge on any atom is 0.319 e. The first kappa shape index (κ1) is 23.0. The fourth-order valence-electron chi connectivity index (χ4n) is 4.04. The Bertz CT molecular complexity index is 1130. The molecule has 2 aromatic carbocycles. The van der Waals surface area contributed by atoms with Gasteiger partial charge in [-0.1, -0.05) is 48.0 Å². The molecule has 0 N–H and O–H groups in total. The standard InChI is InChI=1S/C25H27ClFN5O/c1-17-19(16-20-21(26)10-7-11-22(20)27)24(29-23(28-17)18-8-5-4-6-9-18)31-12-14-32(15-13-31)25(33)30(2)3/h4-11H,12-16H2,1-3H3. The molecule has 0 unspecified atom stereocenters. The van der Waals surface area contributed by atoms with Gasteiger partial charge < -0.3 is 14.7 Å². The molecule has 2 amide bonds. The van der Waals surface area contributed by atoms with Crippen molar-refractivity contribution in [3.05, 3.63) is 76.2 Å². The lowest BCUT2D eigenvalue weighted by atomic mass is 10.0. The van der Waals surface area contributed by atoms with Crippen LogP contribution in [0.2, 0.25) is 5.02 Å². The first-order valence-corrected chi connectivity index (χ1v) is 11.3. The van der Waals surface area contributed by atoms with Crippen molar-refractivity contribution < 1.29 is 9.18 Å². The van der Waals surface area contributed by atoms with Gasteiger partial charge in [-0.05, 0) is 19.1 Å². The van der Waals surface area contributed by atoms with Crippen LogP contribution in [-0.4, -0.2) is 66.1 Å². The third-order valence-corrected chi connectivity index (χ3v) is 6.23. The Balaban J connectivity index is 1.73. The van der Waals surface area contributed by atoms with Crippen molar-refractivity contribution in [2.75, 3.05) is 45.2 Å². The van der Waals surface area contributed by atoms with E-state index in [1.165, 1.54) is 6.07 Å². The molecular weight excluding hydrogens is 441 g/mol. The van der Waals surface area contributed by atoms with E-state index in [9.17, 15) is 9.18 Å². The van der Waals surface area contributed by atoms with Gasteiger partial charge in [-0.3, -0.25) is 0 Å². The number of nitrogens with zero attached hydrogens (tertiary/aromatic N) is 5. The zero-order valence-electron chi connectivity index (χ0n) is 19.1. The summed E-state index contributed by atoms with van der Waals surface area (Å²) in [7, 11) is 3.51. The Kier molecular flexibility index (Phi) is 6.79. The number of aryl methyl sites for hydroxylation is 1. The number of halogens is 2. The van der Waals surface area contributed by atoms with E-state index in [1.54, 1.807) is 31.1 Å². The molecule has 8 heteroatoms. The molecule has 0 saturated carbocycles. The van der Waals surface area contributed by atoms with E-state index in [0.29, 0.717) is 49.0 Å². The highest BCUT2D eigenvalue weighted by molar-refractivity contribution is 6.31. The number of piperazine rings is 1. The molecule has 2 heterocycles. The molecule has 4 rings (SSSR count). The third-order valence-electron chi connectivity index (χ3n) is 5.87. The average Bonchev–Trinajstić information content (AvgIpc) is 2.82. The van der Waals surface area contributed by atoms with Gasteiger partial charge in [-0.25, -0.2) is 19.2 Å². The molecular formula is C25H27ClFN5O. The van der Waals surface area contributed by atoms with Gasteiger partial charge in [0.1, 0.15) is 11.6 Å². The van der Waals surface area contributed by atoms with Gasteiger partial charge in [-0.2, -0.15) is 0 Å². The van der Waals surface area contributed by atoms with E-state index >= 15 is 0 Å². The highest BCUT2D eigenvalue weighted by Gasteiger charge is 2.26. The molecule has 0 bridgehead atoms. The Morgan fingerprint density at radius 3 is 2.33 bits per heavy atom. The Hall–Kier alpha value is -3.19. The summed E-state index contributed by atoms with van der Waals surface area (Å²) in [5, 5.41) is 0.383. The van der Waals surface area contributed by atoms with Crippen molar-refractivity contribution in [2.45, 2.75) is 13.3 Å². The first-order chi connectivity index (χ1) is 15.8. The minimum atomic E-state index is -0.346. The van der Waals surface area contributed by atoms with Crippen LogP contribution < -0.4 is 4.90 Å². The van der Waals surface area contributed by atoms with E-state index in [2.05, 4.69) is 4.90 Å². The van der Waals surface area contributed by atoms with Crippen LogP contribution in [0.25, 0.3) is 11.4 Å². The van der Waals surface area contributed by atoms with E-state index in [-0.39, 0.29) is 11.8 Å². The van der Waals surface area contributed by atoms with Crippen LogP contribution in [0.1, 0.15) is 16.8 Å². The van der Waals surface area contributed by atoms with Crippen LogP contribution in [0.3, 0.4) is 0 Å². The second-order valence-corrected chi connectivity index (χ2v) is 8.74. The average molecular weight is 468 g/mol. The summed E-state index contributed by atoms with van der Waals surface area (Å²) in [5.74, 6) is 1.04. The number of hydrogen-bond donors (Lipinski definition) is 0. The molecule has 172 valence electrons. The SMILES string of the molecule is Cc1nc(-c2ccccc2)nc(N2CCN(C(=O)N(C)C)CC2)c1Cc1c(F)cccc1Cl. The molecule has 1 fully saturated rings. The topological polar surface area (TPSA) is 52.6 Å². The minimum absolute atomic E-state index is 0.00291. The molecule has 1 saturated heterocycles. The zero-order chi connectivity index (χ0) is 23.5. The molecule has 1 aromatic heterocycles. The number of urea groups is 1. The lowest BCUT2D eigenvalue weighted by Gasteiger charge is -2.37.